The van der Waals surface area contributed by atoms with Crippen molar-refractivity contribution in [1.82, 2.24) is 21.3 Å². The molecule has 0 rings (SSSR count). The van der Waals surface area contributed by atoms with Gasteiger partial charge in [-0.3, -0.25) is 19.2 Å². The number of nitrogens with two attached hydrogens (primary N) is 1. The highest BCUT2D eigenvalue weighted by molar-refractivity contribution is 5.76. The normalized spacial score (nSPS) is 11.4. The lowest BCUT2D eigenvalue weighted by atomic mass is 10.3. The molecule has 184 valence electrons. The minimum atomic E-state index is -0.372. The third-order valence-corrected chi connectivity index (χ3v) is 3.75. The van der Waals surface area contributed by atoms with E-state index >= 15 is 0 Å². The predicted molar refractivity (Wildman–Crippen MR) is 122 cm³/mol. The molecule has 0 bridgehead atoms. The van der Waals surface area contributed by atoms with Crippen LogP contribution in [0.15, 0.2) is 0 Å². The molecule has 11 heteroatoms. The Balaban J connectivity index is -0.000000420. The Morgan fingerprint density at radius 3 is 1.77 bits per heavy atom. The minimum absolute atomic E-state index is 0. The van der Waals surface area contributed by atoms with Crippen LogP contribution in [-0.2, 0) is 28.7 Å². The summed E-state index contributed by atoms with van der Waals surface area (Å²) in [5, 5.41) is 10.8. The maximum atomic E-state index is 11.7. The molecule has 0 aromatic heterocycles. The highest BCUT2D eigenvalue weighted by atomic mass is 16.5. The number of rotatable bonds is 18. The van der Waals surface area contributed by atoms with Gasteiger partial charge in [0.05, 0.1) is 32.5 Å². The van der Waals surface area contributed by atoms with Crippen LogP contribution in [0.4, 0.5) is 0 Å². The average Bonchev–Trinajstić information content (AvgIpc) is 2.67. The summed E-state index contributed by atoms with van der Waals surface area (Å²) < 4.78 is 10.9. The number of hydrogen-bond acceptors (Lipinski definition) is 7. The maximum absolute atomic E-state index is 11.7. The number of hydrogen-bond donors (Lipinski definition) is 5. The second kappa shape index (κ2) is 18.8. The van der Waals surface area contributed by atoms with Crippen LogP contribution < -0.4 is 27.0 Å². The monoisotopic (exact) mass is 441 g/mol. The fourth-order valence-corrected chi connectivity index (χ4v) is 2.29. The van der Waals surface area contributed by atoms with Gasteiger partial charge < -0.3 is 36.5 Å². The van der Waals surface area contributed by atoms with E-state index in [0.29, 0.717) is 32.6 Å². The average molecular weight is 442 g/mol. The van der Waals surface area contributed by atoms with Crippen molar-refractivity contribution in [3.63, 3.8) is 0 Å². The van der Waals surface area contributed by atoms with Gasteiger partial charge in [-0.15, -0.1) is 0 Å². The second-order valence-electron chi connectivity index (χ2n) is 6.73. The largest absolute Gasteiger partial charge is 0.379 e. The zero-order valence-electron chi connectivity index (χ0n) is 18.1. The summed E-state index contributed by atoms with van der Waals surface area (Å²) in [7, 11) is 0. The first-order chi connectivity index (χ1) is 14.3. The SMILES string of the molecule is CC(=O)NCCCNC(=O)CCOCC(COCCC(=O)NCCCN)NC(C)=O.[HH].[HH].[HH].[HH].[HH]. The van der Waals surface area contributed by atoms with Gasteiger partial charge in [0.2, 0.25) is 23.6 Å². The first kappa shape index (κ1) is 27.8. The van der Waals surface area contributed by atoms with E-state index in [0.717, 1.165) is 6.42 Å². The molecular weight excluding hydrogens is 394 g/mol. The molecule has 11 nitrogen and oxygen atoms in total. The first-order valence-corrected chi connectivity index (χ1v) is 10.3. The fourth-order valence-electron chi connectivity index (χ4n) is 2.29. The summed E-state index contributed by atoms with van der Waals surface area (Å²) in [6, 6.07) is -0.372. The Labute approximate surface area is 185 Å². The zero-order chi connectivity index (χ0) is 22.6. The summed E-state index contributed by atoms with van der Waals surface area (Å²) >= 11 is 0. The van der Waals surface area contributed by atoms with Crippen molar-refractivity contribution in [2.45, 2.75) is 45.6 Å². The molecule has 1 unspecified atom stereocenters. The Hall–Kier alpha value is -2.24. The van der Waals surface area contributed by atoms with Gasteiger partial charge in [0.15, 0.2) is 0 Å². The van der Waals surface area contributed by atoms with Crippen LogP contribution in [0.3, 0.4) is 0 Å². The lowest BCUT2D eigenvalue weighted by Gasteiger charge is -2.18. The summed E-state index contributed by atoms with van der Waals surface area (Å²) in [6.45, 7) is 5.71. The summed E-state index contributed by atoms with van der Waals surface area (Å²) in [5.41, 5.74) is 5.36. The maximum Gasteiger partial charge on any atom is 0.222 e. The molecule has 0 fully saturated rings. The fraction of sp³-hybridized carbons (Fsp3) is 0.789. The summed E-state index contributed by atoms with van der Waals surface area (Å²) in [6.07, 6.45) is 1.79. The molecule has 4 amide bonds. The van der Waals surface area contributed by atoms with Crippen molar-refractivity contribution in [3.05, 3.63) is 0 Å². The molecule has 0 radical (unpaired) electrons. The molecule has 0 spiro atoms. The van der Waals surface area contributed by atoms with Gasteiger partial charge in [0, 0.05) is 53.5 Å². The standard InChI is InChI=1S/C19H37N5O6.5H2/c1-15(25)21-9-4-10-23-19(28)6-12-30-14-17(24-16(2)26)13-29-11-5-18(27)22-8-3-7-20;;;;;/h17H,3-14,20H2,1-2H3,(H,21,25)(H,22,27)(H,23,28)(H,24,26);5*1H. The predicted octanol–water partition coefficient (Wildman–Crippen LogP) is -0.358. The Morgan fingerprint density at radius 1 is 0.800 bits per heavy atom. The third kappa shape index (κ3) is 19.1. The van der Waals surface area contributed by atoms with E-state index in [1.54, 1.807) is 0 Å². The number of ether oxygens (including phenoxy) is 2. The molecular formula is C19H47N5O6. The molecule has 0 aromatic rings. The van der Waals surface area contributed by atoms with Crippen molar-refractivity contribution < 1.29 is 35.8 Å². The molecule has 0 aliphatic carbocycles. The van der Waals surface area contributed by atoms with Crippen molar-refractivity contribution in [2.24, 2.45) is 5.73 Å². The number of nitrogens with one attached hydrogen (secondary N) is 4. The van der Waals surface area contributed by atoms with E-state index in [2.05, 4.69) is 21.3 Å². The van der Waals surface area contributed by atoms with Crippen LogP contribution in [0.25, 0.3) is 0 Å². The summed E-state index contributed by atoms with van der Waals surface area (Å²) in [4.78, 5) is 45.3. The zero-order valence-corrected chi connectivity index (χ0v) is 18.1. The lowest BCUT2D eigenvalue weighted by Crippen LogP contribution is -2.41. The lowest BCUT2D eigenvalue weighted by molar-refractivity contribution is -0.124. The van der Waals surface area contributed by atoms with Gasteiger partial charge in [-0.05, 0) is 19.4 Å². The number of amides is 4. The highest BCUT2D eigenvalue weighted by Crippen LogP contribution is 1.93. The van der Waals surface area contributed by atoms with E-state index in [1.165, 1.54) is 13.8 Å². The van der Waals surface area contributed by atoms with Gasteiger partial charge in [0.1, 0.15) is 0 Å². The molecule has 0 aliphatic heterocycles. The molecule has 30 heavy (non-hydrogen) atoms. The van der Waals surface area contributed by atoms with Gasteiger partial charge in [-0.2, -0.15) is 0 Å². The van der Waals surface area contributed by atoms with Crippen LogP contribution in [0, 0.1) is 0 Å². The van der Waals surface area contributed by atoms with Crippen molar-refractivity contribution in [2.75, 3.05) is 52.6 Å². The van der Waals surface area contributed by atoms with Crippen LogP contribution >= 0.6 is 0 Å². The third-order valence-electron chi connectivity index (χ3n) is 3.75. The van der Waals surface area contributed by atoms with E-state index in [4.69, 9.17) is 15.2 Å². The van der Waals surface area contributed by atoms with Crippen molar-refractivity contribution >= 4 is 23.6 Å². The van der Waals surface area contributed by atoms with Gasteiger partial charge in [0.25, 0.3) is 0 Å². The van der Waals surface area contributed by atoms with E-state index < -0.39 is 0 Å². The van der Waals surface area contributed by atoms with Crippen LogP contribution in [0.1, 0.15) is 46.7 Å². The summed E-state index contributed by atoms with van der Waals surface area (Å²) in [5.74, 6) is -0.577. The molecule has 0 saturated carbocycles. The van der Waals surface area contributed by atoms with E-state index in [9.17, 15) is 19.2 Å². The topological polar surface area (TPSA) is 161 Å². The molecule has 1 atom stereocenters. The minimum Gasteiger partial charge on any atom is -0.379 e. The van der Waals surface area contributed by atoms with Crippen LogP contribution in [0.2, 0.25) is 0 Å². The molecule has 0 heterocycles. The number of carbonyl (C=O) groups is 4. The molecule has 0 aromatic carbocycles. The van der Waals surface area contributed by atoms with Crippen molar-refractivity contribution in [3.8, 4) is 0 Å². The smallest absolute Gasteiger partial charge is 0.222 e. The second-order valence-corrected chi connectivity index (χ2v) is 6.73. The Morgan fingerprint density at radius 2 is 1.30 bits per heavy atom. The van der Waals surface area contributed by atoms with Crippen molar-refractivity contribution in [1.29, 1.82) is 0 Å². The Kier molecular flexibility index (Phi) is 17.4. The first-order valence-electron chi connectivity index (χ1n) is 10.3. The Bertz CT molecular complexity index is 538. The quantitative estimate of drug-likeness (QED) is 0.181. The highest BCUT2D eigenvalue weighted by Gasteiger charge is 2.12. The van der Waals surface area contributed by atoms with Gasteiger partial charge in [-0.25, -0.2) is 0 Å². The van der Waals surface area contributed by atoms with Gasteiger partial charge in [-0.1, -0.05) is 0 Å². The van der Waals surface area contributed by atoms with E-state index in [-0.39, 0.29) is 76.1 Å². The molecule has 0 saturated heterocycles. The molecule has 6 N–H and O–H groups in total. The van der Waals surface area contributed by atoms with Crippen LogP contribution in [-0.4, -0.2) is 82.3 Å². The van der Waals surface area contributed by atoms with Gasteiger partial charge >= 0.3 is 0 Å². The van der Waals surface area contributed by atoms with E-state index in [1.807, 2.05) is 0 Å². The van der Waals surface area contributed by atoms with Crippen LogP contribution in [0.5, 0.6) is 0 Å². The molecule has 0 aliphatic rings. The number of carbonyl (C=O) groups excluding carboxylic acids is 4.